The summed E-state index contributed by atoms with van der Waals surface area (Å²) in [6, 6.07) is 24.4. The zero-order valence-corrected chi connectivity index (χ0v) is 15.9. The fraction of sp³-hybridized carbons (Fsp3) is 0.0455. The number of para-hydroxylation sites is 1. The first kappa shape index (κ1) is 17.9. The van der Waals surface area contributed by atoms with E-state index < -0.39 is 0 Å². The molecule has 0 saturated carbocycles. The number of aryl methyl sites for hydroxylation is 1. The van der Waals surface area contributed by atoms with Gasteiger partial charge in [0.25, 0.3) is 5.91 Å². The van der Waals surface area contributed by atoms with Crippen molar-refractivity contribution in [2.75, 3.05) is 5.32 Å². The van der Waals surface area contributed by atoms with Gasteiger partial charge in [-0.05, 0) is 43.3 Å². The zero-order chi connectivity index (χ0) is 19.5. The van der Waals surface area contributed by atoms with Crippen molar-refractivity contribution >= 4 is 23.2 Å². The molecule has 0 saturated heterocycles. The average Bonchev–Trinajstić information content (AvgIpc) is 3.15. The Balaban J connectivity index is 1.76. The van der Waals surface area contributed by atoms with E-state index in [0.29, 0.717) is 16.5 Å². The lowest BCUT2D eigenvalue weighted by Gasteiger charge is -2.06. The molecule has 0 aliphatic rings. The topological polar surface area (TPSA) is 59.8 Å². The van der Waals surface area contributed by atoms with E-state index in [0.717, 1.165) is 16.8 Å². The third kappa shape index (κ3) is 3.80. The minimum Gasteiger partial charge on any atom is -0.319 e. The Morgan fingerprint density at radius 3 is 2.29 bits per heavy atom. The number of nitrogens with zero attached hydrogens (tertiary/aromatic N) is 3. The van der Waals surface area contributed by atoms with Crippen molar-refractivity contribution in [2.24, 2.45) is 0 Å². The molecule has 0 atom stereocenters. The molecule has 5 nitrogen and oxygen atoms in total. The number of aromatic nitrogens is 3. The number of halogens is 1. The van der Waals surface area contributed by atoms with Crippen molar-refractivity contribution in [3.05, 3.63) is 95.3 Å². The van der Waals surface area contributed by atoms with E-state index in [1.165, 1.54) is 0 Å². The molecule has 0 aliphatic heterocycles. The molecule has 0 bridgehead atoms. The molecule has 1 heterocycles. The van der Waals surface area contributed by atoms with Crippen molar-refractivity contribution in [2.45, 2.75) is 6.92 Å². The highest BCUT2D eigenvalue weighted by Crippen LogP contribution is 2.23. The van der Waals surface area contributed by atoms with Gasteiger partial charge in [0.2, 0.25) is 5.82 Å². The molecular weight excluding hydrogens is 372 g/mol. The molecule has 6 heteroatoms. The first-order chi connectivity index (χ1) is 13.6. The van der Waals surface area contributed by atoms with Crippen LogP contribution in [-0.2, 0) is 0 Å². The van der Waals surface area contributed by atoms with E-state index in [2.05, 4.69) is 15.4 Å². The summed E-state index contributed by atoms with van der Waals surface area (Å²) in [7, 11) is 0. The van der Waals surface area contributed by atoms with Gasteiger partial charge in [0.05, 0.1) is 5.69 Å². The number of rotatable bonds is 4. The second kappa shape index (κ2) is 7.66. The molecule has 0 aliphatic carbocycles. The summed E-state index contributed by atoms with van der Waals surface area (Å²) in [6.07, 6.45) is 0. The number of benzene rings is 3. The number of carbonyl (C=O) groups excluding carboxylic acids is 1. The van der Waals surface area contributed by atoms with Crippen LogP contribution in [0.2, 0.25) is 5.02 Å². The van der Waals surface area contributed by atoms with E-state index in [1.54, 1.807) is 16.8 Å². The molecule has 1 amide bonds. The normalized spacial score (nSPS) is 10.6. The number of amides is 1. The first-order valence-corrected chi connectivity index (χ1v) is 9.14. The van der Waals surface area contributed by atoms with Gasteiger partial charge in [-0.15, -0.1) is 5.10 Å². The molecule has 4 aromatic rings. The number of hydrogen-bond acceptors (Lipinski definition) is 3. The van der Waals surface area contributed by atoms with Gasteiger partial charge < -0.3 is 5.32 Å². The van der Waals surface area contributed by atoms with E-state index in [-0.39, 0.29) is 11.7 Å². The highest BCUT2D eigenvalue weighted by Gasteiger charge is 2.19. The highest BCUT2D eigenvalue weighted by molar-refractivity contribution is 6.30. The number of hydrogen-bond donors (Lipinski definition) is 1. The maximum absolute atomic E-state index is 12.7. The predicted octanol–water partition coefficient (Wildman–Crippen LogP) is 5.15. The van der Waals surface area contributed by atoms with Crippen LogP contribution in [0.1, 0.15) is 16.2 Å². The van der Waals surface area contributed by atoms with Crippen molar-refractivity contribution in [3.8, 4) is 17.1 Å². The van der Waals surface area contributed by atoms with Crippen LogP contribution in [0.5, 0.6) is 0 Å². The number of carbonyl (C=O) groups is 1. The molecule has 3 aromatic carbocycles. The Morgan fingerprint density at radius 1 is 0.929 bits per heavy atom. The Labute approximate surface area is 167 Å². The van der Waals surface area contributed by atoms with Crippen molar-refractivity contribution in [3.63, 3.8) is 0 Å². The lowest BCUT2D eigenvalue weighted by Crippen LogP contribution is -2.14. The van der Waals surface area contributed by atoms with Gasteiger partial charge in [-0.1, -0.05) is 59.6 Å². The van der Waals surface area contributed by atoms with Gasteiger partial charge in [0.15, 0.2) is 5.82 Å². The van der Waals surface area contributed by atoms with Crippen LogP contribution in [0.15, 0.2) is 78.9 Å². The zero-order valence-electron chi connectivity index (χ0n) is 15.1. The summed E-state index contributed by atoms with van der Waals surface area (Å²) in [5.41, 5.74) is 3.47. The van der Waals surface area contributed by atoms with E-state index >= 15 is 0 Å². The summed E-state index contributed by atoms with van der Waals surface area (Å²) in [6.45, 7) is 2.02. The smallest absolute Gasteiger partial charge is 0.295 e. The predicted molar refractivity (Wildman–Crippen MR) is 111 cm³/mol. The molecule has 0 spiro atoms. The van der Waals surface area contributed by atoms with Gasteiger partial charge >= 0.3 is 0 Å². The lowest BCUT2D eigenvalue weighted by atomic mass is 10.1. The lowest BCUT2D eigenvalue weighted by molar-refractivity contribution is 0.101. The van der Waals surface area contributed by atoms with Gasteiger partial charge in [-0.25, -0.2) is 9.67 Å². The molecular formula is C22H17ClN4O. The summed E-state index contributed by atoms with van der Waals surface area (Å²) < 4.78 is 1.65. The molecule has 0 unspecified atom stereocenters. The number of nitrogens with one attached hydrogen (secondary N) is 1. The van der Waals surface area contributed by atoms with Crippen LogP contribution in [0, 0.1) is 6.92 Å². The first-order valence-electron chi connectivity index (χ1n) is 8.76. The quantitative estimate of drug-likeness (QED) is 0.526. The van der Waals surface area contributed by atoms with Crippen LogP contribution in [0.25, 0.3) is 17.1 Å². The Bertz CT molecular complexity index is 1040. The maximum Gasteiger partial charge on any atom is 0.295 e. The minimum atomic E-state index is -0.368. The van der Waals surface area contributed by atoms with Crippen LogP contribution in [0.3, 0.4) is 0 Å². The molecule has 28 heavy (non-hydrogen) atoms. The van der Waals surface area contributed by atoms with Crippen LogP contribution in [-0.4, -0.2) is 20.7 Å². The average molecular weight is 389 g/mol. The summed E-state index contributed by atoms with van der Waals surface area (Å²) >= 11 is 6.01. The van der Waals surface area contributed by atoms with Gasteiger partial charge in [0, 0.05) is 16.3 Å². The van der Waals surface area contributed by atoms with E-state index in [9.17, 15) is 4.79 Å². The van der Waals surface area contributed by atoms with Crippen molar-refractivity contribution in [1.29, 1.82) is 0 Å². The highest BCUT2D eigenvalue weighted by atomic mass is 35.5. The third-order valence-electron chi connectivity index (χ3n) is 4.22. The van der Waals surface area contributed by atoms with Crippen molar-refractivity contribution in [1.82, 2.24) is 14.8 Å². The Morgan fingerprint density at radius 2 is 1.61 bits per heavy atom. The molecule has 1 N–H and O–H groups in total. The van der Waals surface area contributed by atoms with Crippen LogP contribution < -0.4 is 5.32 Å². The molecule has 1 aromatic heterocycles. The van der Waals surface area contributed by atoms with Crippen molar-refractivity contribution < 1.29 is 4.79 Å². The Kier molecular flexibility index (Phi) is 4.91. The largest absolute Gasteiger partial charge is 0.319 e. The third-order valence-corrected chi connectivity index (χ3v) is 4.47. The van der Waals surface area contributed by atoms with Gasteiger partial charge in [-0.2, -0.15) is 0 Å². The monoisotopic (exact) mass is 388 g/mol. The van der Waals surface area contributed by atoms with Gasteiger partial charge in [-0.3, -0.25) is 4.79 Å². The van der Waals surface area contributed by atoms with E-state index in [4.69, 9.17) is 11.6 Å². The summed E-state index contributed by atoms with van der Waals surface area (Å²) in [5.74, 6) is 0.308. The minimum absolute atomic E-state index is 0.0920. The Hall–Kier alpha value is -3.44. The second-order valence-electron chi connectivity index (χ2n) is 6.33. The molecule has 0 radical (unpaired) electrons. The van der Waals surface area contributed by atoms with Gasteiger partial charge in [0.1, 0.15) is 0 Å². The summed E-state index contributed by atoms with van der Waals surface area (Å²) in [5, 5.41) is 7.90. The molecule has 0 fully saturated rings. The fourth-order valence-electron chi connectivity index (χ4n) is 2.77. The van der Waals surface area contributed by atoms with Crippen LogP contribution >= 0.6 is 11.6 Å². The fourth-order valence-corrected chi connectivity index (χ4v) is 2.89. The second-order valence-corrected chi connectivity index (χ2v) is 6.77. The molecule has 138 valence electrons. The standard InChI is InChI=1S/C22H17ClN4O/c1-15-7-9-16(10-8-15)21-25-20(22(28)24-18-5-3-2-4-6-18)26-27(21)19-13-11-17(23)12-14-19/h2-14H,1H3,(H,24,28). The summed E-state index contributed by atoms with van der Waals surface area (Å²) in [4.78, 5) is 17.2. The van der Waals surface area contributed by atoms with E-state index in [1.807, 2.05) is 73.7 Å². The SMILES string of the molecule is Cc1ccc(-c2nc(C(=O)Nc3ccccc3)nn2-c2ccc(Cl)cc2)cc1. The molecule has 4 rings (SSSR count). The van der Waals surface area contributed by atoms with Crippen LogP contribution in [0.4, 0.5) is 5.69 Å². The number of anilines is 1. The maximum atomic E-state index is 12.7.